The van der Waals surface area contributed by atoms with Crippen LogP contribution in [0.2, 0.25) is 0 Å². The zero-order valence-electron chi connectivity index (χ0n) is 34.7. The number of rotatable bonds is 5. The van der Waals surface area contributed by atoms with E-state index < -0.39 is 0 Å². The third kappa shape index (κ3) is 7.14. The second-order valence-electron chi connectivity index (χ2n) is 20.8. The van der Waals surface area contributed by atoms with Crippen molar-refractivity contribution in [3.8, 4) is 0 Å². The molecule has 0 aromatic heterocycles. The molecular weight excluding hydrogens is 617 g/mol. The van der Waals surface area contributed by atoms with Gasteiger partial charge >= 0.3 is 0 Å². The van der Waals surface area contributed by atoms with Crippen molar-refractivity contribution in [1.29, 1.82) is 0 Å². The summed E-state index contributed by atoms with van der Waals surface area (Å²) in [6.45, 7) is 35.6. The number of aryl methyl sites for hydroxylation is 1. The molecular formula is C49H66N2. The Morgan fingerprint density at radius 2 is 0.961 bits per heavy atom. The van der Waals surface area contributed by atoms with Gasteiger partial charge in [-0.1, -0.05) is 121 Å². The lowest BCUT2D eigenvalue weighted by Crippen LogP contribution is -2.34. The van der Waals surface area contributed by atoms with E-state index in [1.54, 1.807) is 0 Å². The lowest BCUT2D eigenvalue weighted by Gasteiger charge is -2.44. The molecule has 4 aromatic rings. The minimum absolute atomic E-state index is 0.0347. The van der Waals surface area contributed by atoms with Crippen LogP contribution in [0, 0.1) is 6.92 Å². The summed E-state index contributed by atoms with van der Waals surface area (Å²) in [7, 11) is 0. The van der Waals surface area contributed by atoms with E-state index in [9.17, 15) is 0 Å². The van der Waals surface area contributed by atoms with Crippen LogP contribution in [0.15, 0.2) is 72.8 Å². The van der Waals surface area contributed by atoms with Crippen molar-refractivity contribution in [3.63, 3.8) is 0 Å². The fourth-order valence-corrected chi connectivity index (χ4v) is 8.56. The minimum atomic E-state index is -0.0347. The number of hydrogen-bond acceptors (Lipinski definition) is 2. The number of anilines is 5. The fourth-order valence-electron chi connectivity index (χ4n) is 8.56. The molecule has 0 heterocycles. The molecule has 0 amide bonds. The second kappa shape index (κ2) is 12.3. The highest BCUT2D eigenvalue weighted by Crippen LogP contribution is 2.52. The molecule has 4 aromatic carbocycles. The third-order valence-electron chi connectivity index (χ3n) is 12.6. The number of benzene rings is 4. The number of hydrogen-bond donors (Lipinski definition) is 1. The van der Waals surface area contributed by atoms with Crippen LogP contribution < -0.4 is 10.2 Å². The van der Waals surface area contributed by atoms with Crippen molar-refractivity contribution in [1.82, 2.24) is 0 Å². The van der Waals surface area contributed by atoms with E-state index in [2.05, 4.69) is 187 Å². The average molecular weight is 683 g/mol. The van der Waals surface area contributed by atoms with E-state index >= 15 is 0 Å². The average Bonchev–Trinajstić information content (AvgIpc) is 3.02. The SMILES string of the molecule is Cc1cc2c(cc1N(c1cc(Nc3ccc(C(C)(C)C)cc3)cc(C(C)(C)C)c1)c1ccc3c(c1)C(C)(C)CCC3(C)C)C(C)(C)CCC2(C)C. The zero-order valence-corrected chi connectivity index (χ0v) is 34.7. The molecule has 0 unspecified atom stereocenters. The summed E-state index contributed by atoms with van der Waals surface area (Å²) in [4.78, 5) is 2.58. The van der Waals surface area contributed by atoms with Gasteiger partial charge in [0.2, 0.25) is 0 Å². The summed E-state index contributed by atoms with van der Waals surface area (Å²) in [6.07, 6.45) is 4.81. The smallest absolute Gasteiger partial charge is 0.0493 e. The van der Waals surface area contributed by atoms with Crippen LogP contribution in [0.25, 0.3) is 0 Å². The van der Waals surface area contributed by atoms with Crippen LogP contribution in [0.4, 0.5) is 28.4 Å². The van der Waals surface area contributed by atoms with Gasteiger partial charge < -0.3 is 10.2 Å². The Hall–Kier alpha value is -3.52. The van der Waals surface area contributed by atoms with E-state index in [-0.39, 0.29) is 32.5 Å². The van der Waals surface area contributed by atoms with Gasteiger partial charge in [-0.2, -0.15) is 0 Å². The lowest BCUT2D eigenvalue weighted by molar-refractivity contribution is 0.331. The van der Waals surface area contributed by atoms with Gasteiger partial charge in [-0.05, 0) is 153 Å². The summed E-state index contributed by atoms with van der Waals surface area (Å²) in [5.74, 6) is 0. The van der Waals surface area contributed by atoms with E-state index in [1.807, 2.05) is 0 Å². The molecule has 51 heavy (non-hydrogen) atoms. The molecule has 2 aliphatic carbocycles. The van der Waals surface area contributed by atoms with Gasteiger partial charge in [0, 0.05) is 28.4 Å². The molecule has 2 aliphatic rings. The second-order valence-corrected chi connectivity index (χ2v) is 20.8. The highest BCUT2D eigenvalue weighted by Gasteiger charge is 2.40. The highest BCUT2D eigenvalue weighted by atomic mass is 15.1. The maximum atomic E-state index is 3.83. The van der Waals surface area contributed by atoms with Gasteiger partial charge in [-0.15, -0.1) is 0 Å². The quantitative estimate of drug-likeness (QED) is 0.225. The number of nitrogens with zero attached hydrogens (tertiary/aromatic N) is 1. The molecule has 0 radical (unpaired) electrons. The Balaban J connectivity index is 1.60. The van der Waals surface area contributed by atoms with Gasteiger partial charge in [-0.3, -0.25) is 0 Å². The van der Waals surface area contributed by atoms with Gasteiger partial charge in [-0.25, -0.2) is 0 Å². The first kappa shape index (κ1) is 37.2. The lowest BCUT2D eigenvalue weighted by atomic mass is 9.62. The Morgan fingerprint density at radius 3 is 1.49 bits per heavy atom. The Bertz CT molecular complexity index is 1940. The zero-order chi connectivity index (χ0) is 37.5. The Morgan fingerprint density at radius 1 is 0.471 bits per heavy atom. The number of nitrogens with one attached hydrogen (secondary N) is 1. The Kier molecular flexibility index (Phi) is 8.97. The van der Waals surface area contributed by atoms with Gasteiger partial charge in [0.25, 0.3) is 0 Å². The van der Waals surface area contributed by atoms with Crippen LogP contribution >= 0.6 is 0 Å². The van der Waals surface area contributed by atoms with E-state index in [4.69, 9.17) is 0 Å². The largest absolute Gasteiger partial charge is 0.355 e. The van der Waals surface area contributed by atoms with Gasteiger partial charge in [0.1, 0.15) is 0 Å². The van der Waals surface area contributed by atoms with Crippen LogP contribution in [-0.2, 0) is 32.5 Å². The molecule has 0 saturated heterocycles. The molecule has 0 aliphatic heterocycles. The molecule has 6 rings (SSSR count). The molecule has 0 fully saturated rings. The maximum absolute atomic E-state index is 3.83. The molecule has 2 nitrogen and oxygen atoms in total. The first-order chi connectivity index (χ1) is 23.4. The monoisotopic (exact) mass is 683 g/mol. The fraction of sp³-hybridized carbons (Fsp3) is 0.510. The first-order valence-electron chi connectivity index (χ1n) is 19.5. The normalized spacial score (nSPS) is 18.8. The number of fused-ring (bicyclic) bond motifs is 2. The summed E-state index contributed by atoms with van der Waals surface area (Å²) in [6, 6.07) is 28.6. The highest BCUT2D eigenvalue weighted by molar-refractivity contribution is 5.83. The minimum Gasteiger partial charge on any atom is -0.355 e. The summed E-state index contributed by atoms with van der Waals surface area (Å²) in [5, 5.41) is 3.83. The standard InChI is InChI=1S/C49H66N2/c1-32-26-40-42(49(14,15)25-24-47(40,10)11)31-43(32)51(37-20-21-39-41(30-37)48(12,13)23-22-46(39,8)9)38-28-34(45(5,6)7)27-36(29-38)50-35-18-16-33(17-19-35)44(2,3)4/h16-21,26-31,50H,22-25H2,1-15H3. The van der Waals surface area contributed by atoms with E-state index in [0.29, 0.717) is 0 Å². The van der Waals surface area contributed by atoms with Crippen molar-refractivity contribution in [2.24, 2.45) is 0 Å². The van der Waals surface area contributed by atoms with Crippen LogP contribution in [0.1, 0.15) is 162 Å². The summed E-state index contributed by atoms with van der Waals surface area (Å²) < 4.78 is 0. The van der Waals surface area contributed by atoms with E-state index in [0.717, 1.165) is 11.4 Å². The van der Waals surface area contributed by atoms with Gasteiger partial charge in [0.15, 0.2) is 0 Å². The topological polar surface area (TPSA) is 15.3 Å². The first-order valence-corrected chi connectivity index (χ1v) is 19.5. The molecule has 272 valence electrons. The van der Waals surface area contributed by atoms with Crippen LogP contribution in [0.3, 0.4) is 0 Å². The molecule has 0 atom stereocenters. The third-order valence-corrected chi connectivity index (χ3v) is 12.6. The van der Waals surface area contributed by atoms with Crippen molar-refractivity contribution in [3.05, 3.63) is 112 Å². The van der Waals surface area contributed by atoms with Crippen molar-refractivity contribution in [2.45, 2.75) is 162 Å². The molecule has 2 heteroatoms. The molecule has 1 N–H and O–H groups in total. The molecule has 0 bridgehead atoms. The predicted molar refractivity (Wildman–Crippen MR) is 224 cm³/mol. The van der Waals surface area contributed by atoms with Crippen LogP contribution in [0.5, 0.6) is 0 Å². The van der Waals surface area contributed by atoms with Crippen molar-refractivity contribution < 1.29 is 0 Å². The molecule has 0 spiro atoms. The van der Waals surface area contributed by atoms with E-state index in [1.165, 1.54) is 81.7 Å². The van der Waals surface area contributed by atoms with Gasteiger partial charge in [0.05, 0.1) is 0 Å². The Labute approximate surface area is 311 Å². The maximum Gasteiger partial charge on any atom is 0.0493 e. The van der Waals surface area contributed by atoms with Crippen LogP contribution in [-0.4, -0.2) is 0 Å². The van der Waals surface area contributed by atoms with Crippen molar-refractivity contribution >= 4 is 28.4 Å². The predicted octanol–water partition coefficient (Wildman–Crippen LogP) is 14.5. The summed E-state index contributed by atoms with van der Waals surface area (Å²) >= 11 is 0. The van der Waals surface area contributed by atoms with Crippen molar-refractivity contribution in [2.75, 3.05) is 10.2 Å². The molecule has 0 saturated carbocycles. The summed E-state index contributed by atoms with van der Waals surface area (Å²) in [5.41, 5.74) is 16.5.